The van der Waals surface area contributed by atoms with Gasteiger partial charge < -0.3 is 9.88 Å². The number of rotatable bonds is 4. The molecule has 6 nitrogen and oxygen atoms in total. The molecule has 0 spiro atoms. The van der Waals surface area contributed by atoms with E-state index in [1.54, 1.807) is 6.33 Å². The van der Waals surface area contributed by atoms with E-state index in [0.717, 1.165) is 28.1 Å². The van der Waals surface area contributed by atoms with Crippen molar-refractivity contribution in [2.75, 3.05) is 5.32 Å². The number of anilines is 1. The van der Waals surface area contributed by atoms with Gasteiger partial charge in [0.05, 0.1) is 12.1 Å². The molecule has 24 heavy (non-hydrogen) atoms. The lowest BCUT2D eigenvalue weighted by atomic mass is 10.2. The second-order valence-corrected chi connectivity index (χ2v) is 5.49. The van der Waals surface area contributed by atoms with E-state index in [2.05, 4.69) is 20.5 Å². The van der Waals surface area contributed by atoms with Crippen molar-refractivity contribution in [3.8, 4) is 11.4 Å². The zero-order valence-corrected chi connectivity index (χ0v) is 13.2. The summed E-state index contributed by atoms with van der Waals surface area (Å²) in [5.74, 6) is 2.34. The van der Waals surface area contributed by atoms with Crippen LogP contribution in [-0.2, 0) is 13.6 Å². The number of fused-ring (bicyclic) bond motifs is 1. The quantitative estimate of drug-likeness (QED) is 0.627. The highest BCUT2D eigenvalue weighted by molar-refractivity contribution is 5.90. The van der Waals surface area contributed by atoms with Gasteiger partial charge in [-0.3, -0.25) is 0 Å². The summed E-state index contributed by atoms with van der Waals surface area (Å²) in [6.07, 6.45) is 1.69. The Morgan fingerprint density at radius 2 is 1.75 bits per heavy atom. The smallest absolute Gasteiger partial charge is 0.162 e. The van der Waals surface area contributed by atoms with Gasteiger partial charge in [0.15, 0.2) is 11.6 Å². The van der Waals surface area contributed by atoms with Crippen LogP contribution in [0.4, 0.5) is 5.82 Å². The first-order chi connectivity index (χ1) is 11.8. The van der Waals surface area contributed by atoms with Crippen LogP contribution in [0.2, 0.25) is 0 Å². The molecule has 0 amide bonds. The standard InChI is InChI=1S/C18H16N6/c1-24-12-20-23-16(24)11-19-18-14-9-5-6-10-15(14)21-17(22-18)13-7-3-2-4-8-13/h2-10,12H,11H2,1H3,(H,19,21,22). The summed E-state index contributed by atoms with van der Waals surface area (Å²) in [5, 5.41) is 12.4. The number of hydrogen-bond donors (Lipinski definition) is 1. The maximum Gasteiger partial charge on any atom is 0.162 e. The highest BCUT2D eigenvalue weighted by atomic mass is 15.3. The number of hydrogen-bond acceptors (Lipinski definition) is 5. The minimum absolute atomic E-state index is 0.547. The molecule has 1 N–H and O–H groups in total. The molecule has 0 atom stereocenters. The van der Waals surface area contributed by atoms with Crippen molar-refractivity contribution < 1.29 is 0 Å². The maximum atomic E-state index is 4.72. The number of para-hydroxylation sites is 1. The molecule has 4 rings (SSSR count). The lowest BCUT2D eigenvalue weighted by Crippen LogP contribution is -2.08. The molecule has 0 radical (unpaired) electrons. The van der Waals surface area contributed by atoms with Gasteiger partial charge in [-0.15, -0.1) is 10.2 Å². The van der Waals surface area contributed by atoms with Crippen LogP contribution < -0.4 is 5.32 Å². The molecule has 2 aromatic carbocycles. The SMILES string of the molecule is Cn1cnnc1CNc1nc(-c2ccccc2)nc2ccccc12. The summed E-state index contributed by atoms with van der Waals surface area (Å²) >= 11 is 0. The number of aryl methyl sites for hydroxylation is 1. The lowest BCUT2D eigenvalue weighted by molar-refractivity contribution is 0.810. The molecule has 0 saturated carbocycles. The van der Waals surface area contributed by atoms with Crippen LogP contribution in [-0.4, -0.2) is 24.7 Å². The van der Waals surface area contributed by atoms with E-state index in [1.807, 2.05) is 66.2 Å². The van der Waals surface area contributed by atoms with E-state index >= 15 is 0 Å². The second-order valence-electron chi connectivity index (χ2n) is 5.49. The van der Waals surface area contributed by atoms with Gasteiger partial charge in [-0.2, -0.15) is 0 Å². The molecule has 0 aliphatic carbocycles. The number of aromatic nitrogens is 5. The zero-order chi connectivity index (χ0) is 16.4. The second kappa shape index (κ2) is 6.08. The van der Waals surface area contributed by atoms with E-state index in [0.29, 0.717) is 12.4 Å². The topological polar surface area (TPSA) is 68.5 Å². The van der Waals surface area contributed by atoms with Crippen LogP contribution in [0.3, 0.4) is 0 Å². The molecule has 0 bridgehead atoms. The van der Waals surface area contributed by atoms with Crippen molar-refractivity contribution >= 4 is 16.7 Å². The first kappa shape index (κ1) is 14.3. The van der Waals surface area contributed by atoms with E-state index in [9.17, 15) is 0 Å². The third kappa shape index (κ3) is 2.69. The molecule has 6 heteroatoms. The van der Waals surface area contributed by atoms with Crippen LogP contribution >= 0.6 is 0 Å². The summed E-state index contributed by atoms with van der Waals surface area (Å²) in [4.78, 5) is 9.40. The highest BCUT2D eigenvalue weighted by Crippen LogP contribution is 2.25. The van der Waals surface area contributed by atoms with Gasteiger partial charge in [0.2, 0.25) is 0 Å². The minimum atomic E-state index is 0.547. The first-order valence-corrected chi connectivity index (χ1v) is 7.70. The monoisotopic (exact) mass is 316 g/mol. The summed E-state index contributed by atoms with van der Waals surface area (Å²) in [5.41, 5.74) is 1.90. The molecule has 0 fully saturated rings. The van der Waals surface area contributed by atoms with Gasteiger partial charge in [-0.05, 0) is 12.1 Å². The van der Waals surface area contributed by atoms with Gasteiger partial charge in [-0.25, -0.2) is 9.97 Å². The fraction of sp³-hybridized carbons (Fsp3) is 0.111. The molecule has 0 aliphatic heterocycles. The Kier molecular flexibility index (Phi) is 3.63. The first-order valence-electron chi connectivity index (χ1n) is 7.70. The van der Waals surface area contributed by atoms with Crippen LogP contribution in [0, 0.1) is 0 Å². The van der Waals surface area contributed by atoms with Crippen molar-refractivity contribution in [2.45, 2.75) is 6.54 Å². The summed E-state index contributed by atoms with van der Waals surface area (Å²) in [6, 6.07) is 18.0. The Labute approximate surface area is 139 Å². The molecule has 0 aliphatic rings. The van der Waals surface area contributed by atoms with Crippen molar-refractivity contribution in [1.82, 2.24) is 24.7 Å². The fourth-order valence-electron chi connectivity index (χ4n) is 2.56. The predicted octanol–water partition coefficient (Wildman–Crippen LogP) is 3.04. The van der Waals surface area contributed by atoms with Crippen molar-refractivity contribution in [3.05, 3.63) is 66.7 Å². The van der Waals surface area contributed by atoms with E-state index < -0.39 is 0 Å². The largest absolute Gasteiger partial charge is 0.362 e. The van der Waals surface area contributed by atoms with Crippen molar-refractivity contribution in [3.63, 3.8) is 0 Å². The van der Waals surface area contributed by atoms with Crippen molar-refractivity contribution in [2.24, 2.45) is 7.05 Å². The molecule has 2 heterocycles. The zero-order valence-electron chi connectivity index (χ0n) is 13.2. The average molecular weight is 316 g/mol. The molecule has 4 aromatic rings. The van der Waals surface area contributed by atoms with Crippen LogP contribution in [0.1, 0.15) is 5.82 Å². The van der Waals surface area contributed by atoms with Crippen molar-refractivity contribution in [1.29, 1.82) is 0 Å². The van der Waals surface area contributed by atoms with E-state index in [-0.39, 0.29) is 0 Å². The molecule has 2 aromatic heterocycles. The Morgan fingerprint density at radius 3 is 2.54 bits per heavy atom. The third-order valence-corrected chi connectivity index (χ3v) is 3.85. The highest BCUT2D eigenvalue weighted by Gasteiger charge is 2.10. The van der Waals surface area contributed by atoms with E-state index in [1.165, 1.54) is 0 Å². The summed E-state index contributed by atoms with van der Waals surface area (Å²) < 4.78 is 1.88. The predicted molar refractivity (Wildman–Crippen MR) is 93.3 cm³/mol. The van der Waals surface area contributed by atoms with Crippen LogP contribution in [0.5, 0.6) is 0 Å². The number of benzene rings is 2. The minimum Gasteiger partial charge on any atom is -0.362 e. The molecular weight excluding hydrogens is 300 g/mol. The maximum absolute atomic E-state index is 4.72. The summed E-state index contributed by atoms with van der Waals surface area (Å²) in [7, 11) is 1.92. The Balaban J connectivity index is 1.76. The van der Waals surface area contributed by atoms with Crippen LogP contribution in [0.25, 0.3) is 22.3 Å². The fourth-order valence-corrected chi connectivity index (χ4v) is 2.56. The third-order valence-electron chi connectivity index (χ3n) is 3.85. The Morgan fingerprint density at radius 1 is 0.958 bits per heavy atom. The number of nitrogens with one attached hydrogen (secondary N) is 1. The molecule has 0 saturated heterocycles. The van der Waals surface area contributed by atoms with Crippen LogP contribution in [0.15, 0.2) is 60.9 Å². The normalized spacial score (nSPS) is 10.9. The molecule has 0 unspecified atom stereocenters. The van der Waals surface area contributed by atoms with E-state index in [4.69, 9.17) is 4.98 Å². The van der Waals surface area contributed by atoms with Gasteiger partial charge in [0.1, 0.15) is 12.1 Å². The molecular formula is C18H16N6. The Bertz CT molecular complexity index is 977. The number of nitrogens with zero attached hydrogens (tertiary/aromatic N) is 5. The van der Waals surface area contributed by atoms with Gasteiger partial charge in [0, 0.05) is 18.0 Å². The lowest BCUT2D eigenvalue weighted by Gasteiger charge is -2.10. The van der Waals surface area contributed by atoms with Gasteiger partial charge in [-0.1, -0.05) is 42.5 Å². The Hall–Kier alpha value is -3.28. The van der Waals surface area contributed by atoms with Gasteiger partial charge >= 0.3 is 0 Å². The average Bonchev–Trinajstić information content (AvgIpc) is 3.05. The summed E-state index contributed by atoms with van der Waals surface area (Å²) in [6.45, 7) is 0.547. The molecule has 118 valence electrons. The van der Waals surface area contributed by atoms with Gasteiger partial charge in [0.25, 0.3) is 0 Å².